The van der Waals surface area contributed by atoms with Crippen molar-refractivity contribution in [3.63, 3.8) is 0 Å². The molecule has 1 amide bonds. The van der Waals surface area contributed by atoms with Crippen molar-refractivity contribution in [2.24, 2.45) is 0 Å². The van der Waals surface area contributed by atoms with Crippen molar-refractivity contribution in [2.75, 3.05) is 31.1 Å². The first-order valence-electron chi connectivity index (χ1n) is 8.57. The van der Waals surface area contributed by atoms with Gasteiger partial charge in [0.2, 0.25) is 0 Å². The van der Waals surface area contributed by atoms with Crippen LogP contribution < -0.4 is 4.90 Å². The van der Waals surface area contributed by atoms with Gasteiger partial charge >= 0.3 is 6.18 Å². The summed E-state index contributed by atoms with van der Waals surface area (Å²) in [6.45, 7) is 2.01. The largest absolute Gasteiger partial charge is 0.417 e. The van der Waals surface area contributed by atoms with Gasteiger partial charge in [-0.15, -0.1) is 0 Å². The van der Waals surface area contributed by atoms with Crippen molar-refractivity contribution in [3.05, 3.63) is 59.9 Å². The van der Waals surface area contributed by atoms with Crippen LogP contribution in [0.4, 0.5) is 19.0 Å². The summed E-state index contributed by atoms with van der Waals surface area (Å²) in [5, 5.41) is 0.884. The number of benzene rings is 1. The summed E-state index contributed by atoms with van der Waals surface area (Å²) in [7, 11) is 0. The van der Waals surface area contributed by atoms with Crippen LogP contribution in [0.1, 0.15) is 15.9 Å². The molecule has 0 radical (unpaired) electrons. The van der Waals surface area contributed by atoms with E-state index in [2.05, 4.69) is 9.97 Å². The van der Waals surface area contributed by atoms with E-state index in [4.69, 9.17) is 0 Å². The first kappa shape index (κ1) is 17.4. The molecule has 1 fully saturated rings. The number of amides is 1. The Morgan fingerprint density at radius 3 is 2.44 bits per heavy atom. The van der Waals surface area contributed by atoms with Crippen molar-refractivity contribution in [3.8, 4) is 0 Å². The van der Waals surface area contributed by atoms with Crippen LogP contribution in [0.5, 0.6) is 0 Å². The van der Waals surface area contributed by atoms with Gasteiger partial charge < -0.3 is 14.8 Å². The van der Waals surface area contributed by atoms with Gasteiger partial charge in [-0.1, -0.05) is 18.2 Å². The monoisotopic (exact) mass is 374 g/mol. The molecule has 0 atom stereocenters. The van der Waals surface area contributed by atoms with Crippen molar-refractivity contribution in [1.82, 2.24) is 14.9 Å². The van der Waals surface area contributed by atoms with E-state index in [-0.39, 0.29) is 5.91 Å². The molecule has 8 heteroatoms. The normalized spacial score (nSPS) is 15.4. The number of fused-ring (bicyclic) bond motifs is 1. The topological polar surface area (TPSA) is 52.2 Å². The average molecular weight is 374 g/mol. The molecular formula is C19H17F3N4O. The van der Waals surface area contributed by atoms with E-state index in [1.54, 1.807) is 11.1 Å². The summed E-state index contributed by atoms with van der Waals surface area (Å²) >= 11 is 0. The number of para-hydroxylation sites is 1. The molecule has 3 heterocycles. The Morgan fingerprint density at radius 2 is 1.78 bits per heavy atom. The number of halogens is 3. The predicted molar refractivity (Wildman–Crippen MR) is 95.7 cm³/mol. The maximum atomic E-state index is 12.8. The highest BCUT2D eigenvalue weighted by atomic mass is 19.4. The molecule has 0 unspecified atom stereocenters. The zero-order valence-corrected chi connectivity index (χ0v) is 14.3. The number of alkyl halides is 3. The standard InChI is InChI=1S/C19H17F3N4O/c20-19(21,22)13-5-6-17(24-11-13)25-7-9-26(10-8-25)18(27)15-12-23-16-4-2-1-3-14(15)16/h1-6,11-12,23H,7-10H2. The number of nitrogens with zero attached hydrogens (tertiary/aromatic N) is 3. The Bertz CT molecular complexity index is 957. The third kappa shape index (κ3) is 3.34. The molecule has 2 aromatic heterocycles. The van der Waals surface area contributed by atoms with Crippen molar-refractivity contribution in [1.29, 1.82) is 0 Å². The van der Waals surface area contributed by atoms with Gasteiger partial charge in [0, 0.05) is 49.5 Å². The minimum absolute atomic E-state index is 0.0486. The number of carbonyl (C=O) groups is 1. The Hall–Kier alpha value is -3.03. The molecule has 140 valence electrons. The van der Waals surface area contributed by atoms with Crippen molar-refractivity contribution >= 4 is 22.6 Å². The molecule has 1 aliphatic rings. The Kier molecular flexibility index (Phi) is 4.25. The molecule has 0 bridgehead atoms. The Balaban J connectivity index is 1.43. The van der Waals surface area contributed by atoms with E-state index in [0.29, 0.717) is 37.6 Å². The summed E-state index contributed by atoms with van der Waals surface area (Å²) in [6.07, 6.45) is -1.83. The molecule has 0 aliphatic carbocycles. The smallest absolute Gasteiger partial charge is 0.360 e. The summed E-state index contributed by atoms with van der Waals surface area (Å²) in [5.41, 5.74) is 0.777. The van der Waals surface area contributed by atoms with Gasteiger partial charge in [-0.3, -0.25) is 4.79 Å². The second kappa shape index (κ2) is 6.61. The lowest BCUT2D eigenvalue weighted by molar-refractivity contribution is -0.137. The van der Waals surface area contributed by atoms with Crippen LogP contribution in [0.3, 0.4) is 0 Å². The molecule has 1 aromatic carbocycles. The number of aromatic amines is 1. The molecule has 1 N–H and O–H groups in total. The summed E-state index contributed by atoms with van der Waals surface area (Å²) in [6, 6.07) is 10.0. The lowest BCUT2D eigenvalue weighted by Gasteiger charge is -2.35. The fourth-order valence-electron chi connectivity index (χ4n) is 3.30. The predicted octanol–water partition coefficient (Wildman–Crippen LogP) is 3.54. The van der Waals surface area contributed by atoms with E-state index in [1.807, 2.05) is 29.2 Å². The number of anilines is 1. The lowest BCUT2D eigenvalue weighted by Crippen LogP contribution is -2.49. The molecule has 27 heavy (non-hydrogen) atoms. The second-order valence-electron chi connectivity index (χ2n) is 6.43. The third-order valence-corrected chi connectivity index (χ3v) is 4.79. The van der Waals surface area contributed by atoms with Crippen LogP contribution in [-0.4, -0.2) is 47.0 Å². The number of aromatic nitrogens is 2. The van der Waals surface area contributed by atoms with Crippen LogP contribution in [-0.2, 0) is 6.18 Å². The Labute approximate surface area is 153 Å². The van der Waals surface area contributed by atoms with Crippen molar-refractivity contribution < 1.29 is 18.0 Å². The van der Waals surface area contributed by atoms with Gasteiger partial charge in [0.15, 0.2) is 0 Å². The first-order chi connectivity index (χ1) is 12.9. The highest BCUT2D eigenvalue weighted by Gasteiger charge is 2.31. The molecule has 4 rings (SSSR count). The van der Waals surface area contributed by atoms with E-state index in [9.17, 15) is 18.0 Å². The van der Waals surface area contributed by atoms with Gasteiger partial charge in [-0.2, -0.15) is 13.2 Å². The van der Waals surface area contributed by atoms with E-state index in [1.165, 1.54) is 6.07 Å². The molecule has 0 spiro atoms. The molecule has 1 aliphatic heterocycles. The van der Waals surface area contributed by atoms with Gasteiger partial charge in [0.25, 0.3) is 5.91 Å². The third-order valence-electron chi connectivity index (χ3n) is 4.79. The number of H-pyrrole nitrogens is 1. The number of hydrogen-bond donors (Lipinski definition) is 1. The average Bonchev–Trinajstić information content (AvgIpc) is 3.11. The minimum Gasteiger partial charge on any atom is -0.360 e. The Morgan fingerprint density at radius 1 is 1.04 bits per heavy atom. The van der Waals surface area contributed by atoms with Crippen LogP contribution in [0.2, 0.25) is 0 Å². The number of pyridine rings is 1. The first-order valence-corrected chi connectivity index (χ1v) is 8.57. The maximum absolute atomic E-state index is 12.8. The highest BCUT2D eigenvalue weighted by Crippen LogP contribution is 2.29. The summed E-state index contributed by atoms with van der Waals surface area (Å²) in [5.74, 6) is 0.440. The second-order valence-corrected chi connectivity index (χ2v) is 6.43. The van der Waals surface area contributed by atoms with Crippen molar-refractivity contribution in [2.45, 2.75) is 6.18 Å². The molecule has 5 nitrogen and oxygen atoms in total. The highest BCUT2D eigenvalue weighted by molar-refractivity contribution is 6.06. The number of carbonyl (C=O) groups excluding carboxylic acids is 1. The maximum Gasteiger partial charge on any atom is 0.417 e. The fourth-order valence-corrected chi connectivity index (χ4v) is 3.30. The lowest BCUT2D eigenvalue weighted by atomic mass is 10.1. The number of nitrogens with one attached hydrogen (secondary N) is 1. The zero-order chi connectivity index (χ0) is 19.0. The van der Waals surface area contributed by atoms with Crippen LogP contribution in [0.15, 0.2) is 48.8 Å². The van der Waals surface area contributed by atoms with Gasteiger partial charge in [0.1, 0.15) is 5.82 Å². The summed E-state index contributed by atoms with van der Waals surface area (Å²) in [4.78, 5) is 23.5. The van der Waals surface area contributed by atoms with Crippen LogP contribution in [0, 0.1) is 0 Å². The quantitative estimate of drug-likeness (QED) is 0.747. The molecule has 3 aromatic rings. The van der Waals surface area contributed by atoms with E-state index in [0.717, 1.165) is 23.2 Å². The van der Waals surface area contributed by atoms with Gasteiger partial charge in [0.05, 0.1) is 11.1 Å². The van der Waals surface area contributed by atoms with Crippen LogP contribution in [0.25, 0.3) is 10.9 Å². The van der Waals surface area contributed by atoms with Crippen LogP contribution >= 0.6 is 0 Å². The SMILES string of the molecule is O=C(c1c[nH]c2ccccc12)N1CCN(c2ccc(C(F)(F)F)cn2)CC1. The summed E-state index contributed by atoms with van der Waals surface area (Å²) < 4.78 is 37.9. The van der Waals surface area contributed by atoms with Gasteiger partial charge in [-0.25, -0.2) is 4.98 Å². The van der Waals surface area contributed by atoms with E-state index < -0.39 is 11.7 Å². The molecule has 0 saturated carbocycles. The molecular weight excluding hydrogens is 357 g/mol. The number of rotatable bonds is 2. The fraction of sp³-hybridized carbons (Fsp3) is 0.263. The zero-order valence-electron chi connectivity index (χ0n) is 14.3. The van der Waals surface area contributed by atoms with Gasteiger partial charge in [-0.05, 0) is 18.2 Å². The number of piperazine rings is 1. The minimum atomic E-state index is -4.39. The molecule has 1 saturated heterocycles. The number of hydrogen-bond acceptors (Lipinski definition) is 3. The van der Waals surface area contributed by atoms with E-state index >= 15 is 0 Å².